The maximum Gasteiger partial charge on any atom is 0.413 e. The normalized spacial score (nSPS) is 14.3. The summed E-state index contributed by atoms with van der Waals surface area (Å²) in [5.74, 6) is -0.451. The number of rotatable bonds is 7. The molecule has 0 saturated heterocycles. The molecule has 2 aromatic carbocycles. The fraction of sp³-hybridized carbons (Fsp3) is 0.227. The van der Waals surface area contributed by atoms with Crippen LogP contribution in [-0.2, 0) is 26.2 Å². The molecule has 4 rings (SSSR count). The number of aromatic amines is 1. The number of aromatic nitrogens is 2. The van der Waals surface area contributed by atoms with E-state index in [1.165, 1.54) is 41.7 Å². The van der Waals surface area contributed by atoms with Crippen LogP contribution in [0.1, 0.15) is 17.5 Å². The van der Waals surface area contributed by atoms with Gasteiger partial charge in [-0.1, -0.05) is 6.07 Å². The van der Waals surface area contributed by atoms with Gasteiger partial charge >= 0.3 is 6.09 Å². The number of hydroxylamine groups is 1. The molecule has 3 aromatic rings. The van der Waals surface area contributed by atoms with Gasteiger partial charge in [-0.25, -0.2) is 22.6 Å². The Labute approximate surface area is 200 Å². The van der Waals surface area contributed by atoms with Crippen molar-refractivity contribution in [2.75, 3.05) is 25.5 Å². The average Bonchev–Trinajstić information content (AvgIpc) is 3.26. The number of sulfonamides is 1. The van der Waals surface area contributed by atoms with Gasteiger partial charge in [0.1, 0.15) is 11.9 Å². The van der Waals surface area contributed by atoms with Crippen molar-refractivity contribution in [3.8, 4) is 6.07 Å². The first-order valence-electron chi connectivity index (χ1n) is 10.4. The number of hydrogen-bond donors (Lipinski definition) is 3. The van der Waals surface area contributed by atoms with Crippen LogP contribution in [0.2, 0.25) is 0 Å². The number of carbonyl (C=O) groups is 1. The van der Waals surface area contributed by atoms with Crippen LogP contribution in [-0.4, -0.2) is 49.0 Å². The first kappa shape index (κ1) is 24.1. The Hall–Kier alpha value is -3.99. The Morgan fingerprint density at radius 1 is 1.31 bits per heavy atom. The number of nitrogens with zero attached hydrogens (tertiary/aromatic N) is 3. The van der Waals surface area contributed by atoms with Crippen LogP contribution in [0.25, 0.3) is 11.0 Å². The summed E-state index contributed by atoms with van der Waals surface area (Å²) in [4.78, 5) is 23.9. The third kappa shape index (κ3) is 5.40. The van der Waals surface area contributed by atoms with Gasteiger partial charge in [0.2, 0.25) is 16.0 Å². The lowest BCUT2D eigenvalue weighted by Gasteiger charge is -2.26. The van der Waals surface area contributed by atoms with Crippen LogP contribution in [0, 0.1) is 17.1 Å². The zero-order chi connectivity index (χ0) is 25.0. The summed E-state index contributed by atoms with van der Waals surface area (Å²) >= 11 is 0. The highest BCUT2D eigenvalue weighted by atomic mass is 32.2. The van der Waals surface area contributed by atoms with Crippen molar-refractivity contribution in [1.82, 2.24) is 19.8 Å². The molecule has 182 valence electrons. The molecule has 0 atom stereocenters. The Morgan fingerprint density at radius 2 is 2.14 bits per heavy atom. The number of nitrogens with one attached hydrogen (secondary N) is 3. The van der Waals surface area contributed by atoms with Gasteiger partial charge in [-0.15, -0.1) is 0 Å². The largest absolute Gasteiger partial charge is 0.453 e. The summed E-state index contributed by atoms with van der Waals surface area (Å²) in [6.45, 7) is 0.473. The number of nitriles is 1. The molecule has 0 spiro atoms. The molecule has 1 aromatic heterocycles. The number of methoxy groups -OCH3 is 1. The molecule has 35 heavy (non-hydrogen) atoms. The standard InChI is InChI=1S/C22H21FN6O5S/c1-33-22(30)27-21-25-19-5-3-17(11-20(19)26-21)35(31,32)29-8-6-16(7-9-29)28-34-13-14-2-4-18(23)15(10-14)12-24/h2-6,10-11,28H,7-9,13H2,1H3,(H2,25,26,27,30). The number of amides is 1. The lowest BCUT2D eigenvalue weighted by molar-refractivity contribution is 0.0452. The second-order valence-corrected chi connectivity index (χ2v) is 9.48. The molecule has 3 N–H and O–H groups in total. The minimum absolute atomic E-state index is 0.0619. The summed E-state index contributed by atoms with van der Waals surface area (Å²) in [6.07, 6.45) is 1.40. The van der Waals surface area contributed by atoms with Crippen molar-refractivity contribution in [2.45, 2.75) is 17.9 Å². The average molecular weight is 501 g/mol. The highest BCUT2D eigenvalue weighted by molar-refractivity contribution is 7.89. The number of H-pyrrole nitrogens is 1. The number of fused-ring (bicyclic) bond motifs is 1. The van der Waals surface area contributed by atoms with Gasteiger partial charge in [0, 0.05) is 25.2 Å². The highest BCUT2D eigenvalue weighted by Crippen LogP contribution is 2.24. The van der Waals surface area contributed by atoms with Crippen LogP contribution in [0.4, 0.5) is 15.1 Å². The smallest absolute Gasteiger partial charge is 0.413 e. The number of anilines is 1. The number of carbonyl (C=O) groups excluding carboxylic acids is 1. The summed E-state index contributed by atoms with van der Waals surface area (Å²) in [5.41, 5.74) is 4.99. The minimum Gasteiger partial charge on any atom is -0.453 e. The SMILES string of the molecule is COC(=O)Nc1nc2ccc(S(=O)(=O)N3CC=C(NOCc4ccc(F)c(C#N)c4)CC3)cc2[nH]1. The molecule has 11 nitrogen and oxygen atoms in total. The molecule has 0 aliphatic carbocycles. The molecule has 0 radical (unpaired) electrons. The molecule has 0 fully saturated rings. The summed E-state index contributed by atoms with van der Waals surface area (Å²) in [6, 6.07) is 10.4. The fourth-order valence-electron chi connectivity index (χ4n) is 3.43. The molecule has 0 bridgehead atoms. The monoisotopic (exact) mass is 500 g/mol. The third-order valence-electron chi connectivity index (χ3n) is 5.26. The Balaban J connectivity index is 1.37. The van der Waals surface area contributed by atoms with Crippen molar-refractivity contribution in [1.29, 1.82) is 5.26 Å². The number of ether oxygens (including phenoxy) is 1. The minimum atomic E-state index is -3.78. The van der Waals surface area contributed by atoms with E-state index in [1.807, 2.05) is 0 Å². The lowest BCUT2D eigenvalue weighted by atomic mass is 10.1. The van der Waals surface area contributed by atoms with Gasteiger partial charge in [0.15, 0.2) is 0 Å². The summed E-state index contributed by atoms with van der Waals surface area (Å²) in [7, 11) is -2.55. The van der Waals surface area contributed by atoms with Crippen LogP contribution in [0.15, 0.2) is 53.1 Å². The first-order valence-corrected chi connectivity index (χ1v) is 11.8. The molecule has 1 aliphatic heterocycles. The second-order valence-electron chi connectivity index (χ2n) is 7.54. The molecule has 1 aliphatic rings. The van der Waals surface area contributed by atoms with E-state index in [-0.39, 0.29) is 36.1 Å². The molecule has 0 unspecified atom stereocenters. The predicted octanol–water partition coefficient (Wildman–Crippen LogP) is 2.75. The van der Waals surface area contributed by atoms with Gasteiger partial charge in [0.05, 0.1) is 35.2 Å². The quantitative estimate of drug-likeness (QED) is 0.419. The van der Waals surface area contributed by atoms with Crippen molar-refractivity contribution in [3.63, 3.8) is 0 Å². The number of halogens is 1. The van der Waals surface area contributed by atoms with Crippen LogP contribution < -0.4 is 10.8 Å². The second kappa shape index (κ2) is 10.1. The summed E-state index contributed by atoms with van der Waals surface area (Å²) in [5, 5.41) is 11.3. The third-order valence-corrected chi connectivity index (χ3v) is 7.12. The molecule has 2 heterocycles. The highest BCUT2D eigenvalue weighted by Gasteiger charge is 2.27. The zero-order valence-corrected chi connectivity index (χ0v) is 19.4. The van der Waals surface area contributed by atoms with Crippen LogP contribution >= 0.6 is 0 Å². The fourth-order valence-corrected chi connectivity index (χ4v) is 4.83. The van der Waals surface area contributed by atoms with Gasteiger partial charge < -0.3 is 9.72 Å². The maximum atomic E-state index is 13.4. The molecule has 0 saturated carbocycles. The van der Waals surface area contributed by atoms with E-state index in [2.05, 4.69) is 25.5 Å². The molecule has 13 heteroatoms. The van der Waals surface area contributed by atoms with E-state index in [9.17, 15) is 17.6 Å². The van der Waals surface area contributed by atoms with E-state index in [0.717, 1.165) is 0 Å². The molecular weight excluding hydrogens is 479 g/mol. The topological polar surface area (TPSA) is 149 Å². The van der Waals surface area contributed by atoms with E-state index in [0.29, 0.717) is 28.7 Å². The number of benzene rings is 2. The zero-order valence-electron chi connectivity index (χ0n) is 18.5. The Kier molecular flexibility index (Phi) is 6.97. The van der Waals surface area contributed by atoms with E-state index < -0.39 is 21.9 Å². The Bertz CT molecular complexity index is 1450. The van der Waals surface area contributed by atoms with Crippen LogP contribution in [0.5, 0.6) is 0 Å². The molecule has 1 amide bonds. The van der Waals surface area contributed by atoms with Crippen molar-refractivity contribution < 1.29 is 27.2 Å². The van der Waals surface area contributed by atoms with Crippen LogP contribution in [0.3, 0.4) is 0 Å². The predicted molar refractivity (Wildman–Crippen MR) is 123 cm³/mol. The maximum absolute atomic E-state index is 13.4. The van der Waals surface area contributed by atoms with Gasteiger partial charge in [-0.3, -0.25) is 15.6 Å². The van der Waals surface area contributed by atoms with E-state index in [1.54, 1.807) is 18.2 Å². The van der Waals surface area contributed by atoms with Crippen molar-refractivity contribution in [2.24, 2.45) is 0 Å². The van der Waals surface area contributed by atoms with Gasteiger partial charge in [-0.05, 0) is 42.0 Å². The van der Waals surface area contributed by atoms with Gasteiger partial charge in [-0.2, -0.15) is 9.57 Å². The summed E-state index contributed by atoms with van der Waals surface area (Å²) < 4.78 is 45.5. The van der Waals surface area contributed by atoms with Gasteiger partial charge in [0.25, 0.3) is 0 Å². The lowest BCUT2D eigenvalue weighted by Crippen LogP contribution is -2.36. The Morgan fingerprint density at radius 3 is 2.86 bits per heavy atom. The molecular formula is C22H21FN6O5S. The number of imidazole rings is 1. The van der Waals surface area contributed by atoms with E-state index >= 15 is 0 Å². The number of hydrogen-bond acceptors (Lipinski definition) is 8. The van der Waals surface area contributed by atoms with E-state index in [4.69, 9.17) is 10.1 Å². The first-order chi connectivity index (χ1) is 16.8. The van der Waals surface area contributed by atoms with Crippen molar-refractivity contribution >= 4 is 33.1 Å². The van der Waals surface area contributed by atoms with Crippen molar-refractivity contribution in [3.05, 3.63) is 65.1 Å².